The number of carbonyl (C=O) groups excluding carboxylic acids is 1. The Hall–Kier alpha value is -2.38. The number of aromatic nitrogens is 2. The molecule has 2 atom stereocenters. The molecular weight excluding hydrogens is 308 g/mol. The van der Waals surface area contributed by atoms with Gasteiger partial charge in [-0.3, -0.25) is 20.0 Å². The number of anilines is 1. The Labute approximate surface area is 130 Å². The van der Waals surface area contributed by atoms with Crippen LogP contribution in [0, 0.1) is 6.92 Å². The van der Waals surface area contributed by atoms with Crippen molar-refractivity contribution in [2.24, 2.45) is 0 Å². The van der Waals surface area contributed by atoms with E-state index in [0.717, 1.165) is 0 Å². The third-order valence-corrected chi connectivity index (χ3v) is 3.74. The monoisotopic (exact) mass is 320 g/mol. The number of nitrogens with one attached hydrogen (secondary N) is 2. The van der Waals surface area contributed by atoms with Crippen LogP contribution >= 0.6 is 11.6 Å². The fourth-order valence-electron chi connectivity index (χ4n) is 2.35. The van der Waals surface area contributed by atoms with Crippen molar-refractivity contribution in [1.82, 2.24) is 15.0 Å². The second-order valence-electron chi connectivity index (χ2n) is 4.99. The Morgan fingerprint density at radius 1 is 1.36 bits per heavy atom. The van der Waals surface area contributed by atoms with E-state index in [1.807, 2.05) is 0 Å². The highest BCUT2D eigenvalue weighted by Crippen LogP contribution is 2.37. The average Bonchev–Trinajstić information content (AvgIpc) is 2.45. The summed E-state index contributed by atoms with van der Waals surface area (Å²) in [5, 5.41) is 11.0. The van der Waals surface area contributed by atoms with E-state index in [4.69, 9.17) is 11.6 Å². The first-order chi connectivity index (χ1) is 10.5. The molecule has 1 aliphatic rings. The lowest BCUT2D eigenvalue weighted by Gasteiger charge is -2.43. The summed E-state index contributed by atoms with van der Waals surface area (Å²) in [5.74, 6) is 0.0634. The fourth-order valence-corrected chi connectivity index (χ4v) is 2.63. The second-order valence-corrected chi connectivity index (χ2v) is 5.40. The van der Waals surface area contributed by atoms with Crippen molar-refractivity contribution in [2.75, 3.05) is 5.43 Å². The smallest absolute Gasteiger partial charge is 0.252 e. The van der Waals surface area contributed by atoms with Crippen molar-refractivity contribution in [3.8, 4) is 5.75 Å². The molecule has 1 aliphatic heterocycles. The van der Waals surface area contributed by atoms with Gasteiger partial charge in [0.15, 0.2) is 11.3 Å². The number of phenols is 1. The molecule has 114 valence electrons. The summed E-state index contributed by atoms with van der Waals surface area (Å²) in [6, 6.07) is 7.07. The zero-order chi connectivity index (χ0) is 15.9. The first-order valence-corrected chi connectivity index (χ1v) is 6.99. The number of aromatic amines is 1. The zero-order valence-electron chi connectivity index (χ0n) is 11.6. The Balaban J connectivity index is 1.88. The largest absolute Gasteiger partial charge is 0.508 e. The quantitative estimate of drug-likeness (QED) is 0.582. The number of hydrogen-bond donors (Lipinski definition) is 3. The van der Waals surface area contributed by atoms with Gasteiger partial charge in [0, 0.05) is 11.8 Å². The molecule has 0 amide bonds. The lowest BCUT2D eigenvalue weighted by Crippen LogP contribution is -2.59. The molecule has 3 N–H and O–H groups in total. The number of H-pyrrole nitrogens is 1. The zero-order valence-corrected chi connectivity index (χ0v) is 12.3. The van der Waals surface area contributed by atoms with Crippen LogP contribution in [0.4, 0.5) is 5.95 Å². The molecule has 2 aromatic rings. The van der Waals surface area contributed by atoms with Gasteiger partial charge in [-0.15, -0.1) is 0 Å². The Morgan fingerprint density at radius 3 is 2.82 bits per heavy atom. The van der Waals surface area contributed by atoms with E-state index >= 15 is 0 Å². The topological polar surface area (TPSA) is 98.3 Å². The van der Waals surface area contributed by atoms with E-state index in [2.05, 4.69) is 15.4 Å². The Bertz CT molecular complexity index is 792. The van der Waals surface area contributed by atoms with Crippen LogP contribution in [-0.2, 0) is 4.79 Å². The predicted molar refractivity (Wildman–Crippen MR) is 80.6 cm³/mol. The SMILES string of the molecule is Cc1cc(=O)[nH]c(NN2C(Cl)C(=O)C2c2cccc(O)c2)n1. The number of phenolic OH excluding ortho intramolecular Hbond substituents is 1. The van der Waals surface area contributed by atoms with Crippen LogP contribution in [0.25, 0.3) is 0 Å². The average molecular weight is 321 g/mol. The minimum atomic E-state index is -0.877. The number of aromatic hydroxyl groups is 1. The lowest BCUT2D eigenvalue weighted by atomic mass is 9.95. The fraction of sp³-hybridized carbons (Fsp3) is 0.214. The van der Waals surface area contributed by atoms with Gasteiger partial charge in [-0.2, -0.15) is 5.01 Å². The molecule has 2 heterocycles. The van der Waals surface area contributed by atoms with Crippen molar-refractivity contribution < 1.29 is 9.90 Å². The maximum atomic E-state index is 12.0. The second kappa shape index (κ2) is 5.43. The van der Waals surface area contributed by atoms with Gasteiger partial charge in [0.1, 0.15) is 11.8 Å². The maximum absolute atomic E-state index is 12.0. The number of hydrazine groups is 1. The Kier molecular flexibility index (Phi) is 3.59. The number of ketones is 1. The van der Waals surface area contributed by atoms with Crippen LogP contribution in [0.2, 0.25) is 0 Å². The van der Waals surface area contributed by atoms with E-state index in [-0.39, 0.29) is 23.0 Å². The summed E-state index contributed by atoms with van der Waals surface area (Å²) in [4.78, 5) is 30.1. The van der Waals surface area contributed by atoms with Gasteiger partial charge in [0.25, 0.3) is 5.56 Å². The molecule has 8 heteroatoms. The first kappa shape index (κ1) is 14.6. The molecular formula is C14H13ClN4O3. The van der Waals surface area contributed by atoms with Gasteiger partial charge < -0.3 is 5.11 Å². The van der Waals surface area contributed by atoms with Gasteiger partial charge in [-0.25, -0.2) is 4.98 Å². The predicted octanol–water partition coefficient (Wildman–Crippen LogP) is 1.30. The molecule has 0 saturated carbocycles. The van der Waals surface area contributed by atoms with Crippen LogP contribution in [0.3, 0.4) is 0 Å². The van der Waals surface area contributed by atoms with E-state index in [0.29, 0.717) is 11.3 Å². The molecule has 0 aliphatic carbocycles. The van der Waals surface area contributed by atoms with E-state index in [1.165, 1.54) is 23.2 Å². The number of alkyl halides is 1. The van der Waals surface area contributed by atoms with Crippen LogP contribution in [0.15, 0.2) is 35.1 Å². The molecule has 0 bridgehead atoms. The summed E-state index contributed by atoms with van der Waals surface area (Å²) >= 11 is 6.01. The van der Waals surface area contributed by atoms with Gasteiger partial charge in [-0.1, -0.05) is 23.7 Å². The molecule has 1 aromatic carbocycles. The number of Topliss-reactive ketones (excluding diaryl/α,β-unsaturated/α-hetero) is 1. The number of hydrogen-bond acceptors (Lipinski definition) is 6. The first-order valence-electron chi connectivity index (χ1n) is 6.55. The summed E-state index contributed by atoms with van der Waals surface area (Å²) in [7, 11) is 0. The van der Waals surface area contributed by atoms with E-state index in [1.54, 1.807) is 19.1 Å². The van der Waals surface area contributed by atoms with E-state index in [9.17, 15) is 14.7 Å². The highest BCUT2D eigenvalue weighted by molar-refractivity contribution is 6.34. The third kappa shape index (κ3) is 2.56. The van der Waals surface area contributed by atoms with Gasteiger partial charge in [-0.05, 0) is 24.6 Å². The highest BCUT2D eigenvalue weighted by Gasteiger charge is 2.48. The van der Waals surface area contributed by atoms with Gasteiger partial charge in [0.2, 0.25) is 5.95 Å². The molecule has 0 radical (unpaired) electrons. The van der Waals surface area contributed by atoms with Crippen molar-refractivity contribution in [2.45, 2.75) is 18.5 Å². The normalized spacial score (nSPS) is 21.5. The van der Waals surface area contributed by atoms with Crippen LogP contribution < -0.4 is 11.0 Å². The number of nitrogens with zero attached hydrogens (tertiary/aromatic N) is 2. The minimum absolute atomic E-state index is 0.0605. The number of halogens is 1. The molecule has 0 spiro atoms. The van der Waals surface area contributed by atoms with Gasteiger partial charge in [0.05, 0.1) is 0 Å². The molecule has 2 unspecified atom stereocenters. The summed E-state index contributed by atoms with van der Waals surface area (Å²) in [5.41, 5.74) is 2.80. The van der Waals surface area contributed by atoms with Gasteiger partial charge >= 0.3 is 0 Å². The van der Waals surface area contributed by atoms with Crippen LogP contribution in [-0.4, -0.2) is 31.4 Å². The number of benzene rings is 1. The van der Waals surface area contributed by atoms with Crippen molar-refractivity contribution in [3.05, 3.63) is 51.9 Å². The maximum Gasteiger partial charge on any atom is 0.252 e. The van der Waals surface area contributed by atoms with Crippen molar-refractivity contribution in [1.29, 1.82) is 0 Å². The summed E-state index contributed by atoms with van der Waals surface area (Å²) in [6.07, 6.45) is 0. The van der Waals surface area contributed by atoms with Crippen LogP contribution in [0.5, 0.6) is 5.75 Å². The number of carbonyl (C=O) groups is 1. The van der Waals surface area contributed by atoms with Crippen molar-refractivity contribution in [3.63, 3.8) is 0 Å². The Morgan fingerprint density at radius 2 is 2.14 bits per heavy atom. The molecule has 3 rings (SSSR count). The van der Waals surface area contributed by atoms with Crippen LogP contribution in [0.1, 0.15) is 17.3 Å². The molecule has 1 saturated heterocycles. The summed E-state index contributed by atoms with van der Waals surface area (Å²) in [6.45, 7) is 1.69. The minimum Gasteiger partial charge on any atom is -0.508 e. The lowest BCUT2D eigenvalue weighted by molar-refractivity contribution is -0.137. The molecule has 1 fully saturated rings. The summed E-state index contributed by atoms with van der Waals surface area (Å²) < 4.78 is 0. The van der Waals surface area contributed by atoms with Crippen molar-refractivity contribution >= 4 is 23.3 Å². The van der Waals surface area contributed by atoms with E-state index < -0.39 is 11.5 Å². The standard InChI is InChI=1S/C14H13ClN4O3/c1-7-5-10(21)17-14(16-7)18-19-11(12(22)13(19)15)8-3-2-4-9(20)6-8/h2-6,11,13,20H,1H3,(H2,16,17,18,21). The molecule has 7 nitrogen and oxygen atoms in total. The molecule has 22 heavy (non-hydrogen) atoms. The molecule has 1 aromatic heterocycles. The number of aryl methyl sites for hydroxylation is 1. The highest BCUT2D eigenvalue weighted by atomic mass is 35.5. The number of rotatable bonds is 3. The third-order valence-electron chi connectivity index (χ3n) is 3.32.